The van der Waals surface area contributed by atoms with Crippen molar-refractivity contribution in [3.05, 3.63) is 18.2 Å². The molecule has 4 aliphatic rings. The van der Waals surface area contributed by atoms with E-state index in [1.807, 2.05) is 0 Å². The first-order valence-corrected chi connectivity index (χ1v) is 9.76. The molecule has 1 N–H and O–H groups in total. The molecule has 6 heteroatoms. The third-order valence-electron chi connectivity index (χ3n) is 6.51. The van der Waals surface area contributed by atoms with Gasteiger partial charge in [0.2, 0.25) is 0 Å². The van der Waals surface area contributed by atoms with Gasteiger partial charge < -0.3 is 19.5 Å². The standard InChI is InChI=1S/C21H27NO5/c1-25-17-4-3-16(10-18(17)26-2)22-19(23)11-27-21(24)20-14-6-12-5-13(8-14)9-15(20)7-12/h3-4,10,12-15,20H,5-9,11H2,1-2H3,(H,22,23). The summed E-state index contributed by atoms with van der Waals surface area (Å²) in [4.78, 5) is 24.8. The highest BCUT2D eigenvalue weighted by molar-refractivity contribution is 5.93. The first kappa shape index (κ1) is 18.1. The Labute approximate surface area is 159 Å². The Morgan fingerprint density at radius 1 is 0.963 bits per heavy atom. The number of carbonyl (C=O) groups excluding carboxylic acids is 2. The van der Waals surface area contributed by atoms with Crippen molar-refractivity contribution in [3.63, 3.8) is 0 Å². The number of carbonyl (C=O) groups is 2. The van der Waals surface area contributed by atoms with Gasteiger partial charge in [0.25, 0.3) is 5.91 Å². The average molecular weight is 373 g/mol. The van der Waals surface area contributed by atoms with Gasteiger partial charge in [-0.2, -0.15) is 0 Å². The summed E-state index contributed by atoms with van der Waals surface area (Å²) in [6, 6.07) is 5.12. The van der Waals surface area contributed by atoms with Crippen molar-refractivity contribution in [1.82, 2.24) is 0 Å². The summed E-state index contributed by atoms with van der Waals surface area (Å²) in [7, 11) is 3.09. The van der Waals surface area contributed by atoms with E-state index in [4.69, 9.17) is 14.2 Å². The Hall–Kier alpha value is -2.24. The summed E-state index contributed by atoms with van der Waals surface area (Å²) in [5, 5.41) is 2.74. The maximum Gasteiger partial charge on any atom is 0.310 e. The number of anilines is 1. The van der Waals surface area contributed by atoms with Crippen LogP contribution in [0.2, 0.25) is 0 Å². The molecule has 0 aliphatic heterocycles. The zero-order valence-electron chi connectivity index (χ0n) is 15.9. The summed E-state index contributed by atoms with van der Waals surface area (Å²) in [6.07, 6.45) is 5.98. The van der Waals surface area contributed by atoms with Crippen LogP contribution in [-0.2, 0) is 14.3 Å². The molecule has 4 saturated carbocycles. The van der Waals surface area contributed by atoms with Crippen molar-refractivity contribution < 1.29 is 23.8 Å². The molecule has 6 nitrogen and oxygen atoms in total. The molecule has 5 rings (SSSR count). The number of esters is 1. The predicted octanol–water partition coefficient (Wildman–Crippen LogP) is 3.26. The highest BCUT2D eigenvalue weighted by Crippen LogP contribution is 2.56. The molecule has 27 heavy (non-hydrogen) atoms. The second-order valence-electron chi connectivity index (χ2n) is 8.18. The lowest BCUT2D eigenvalue weighted by Crippen LogP contribution is -2.48. The van der Waals surface area contributed by atoms with Crippen LogP contribution in [0.4, 0.5) is 5.69 Å². The minimum Gasteiger partial charge on any atom is -0.493 e. The van der Waals surface area contributed by atoms with Gasteiger partial charge in [0.05, 0.1) is 20.1 Å². The van der Waals surface area contributed by atoms with Gasteiger partial charge in [0.1, 0.15) is 0 Å². The lowest BCUT2D eigenvalue weighted by atomic mass is 9.52. The largest absolute Gasteiger partial charge is 0.493 e. The molecule has 1 aromatic rings. The molecule has 0 saturated heterocycles. The molecule has 1 amide bonds. The van der Waals surface area contributed by atoms with Gasteiger partial charge in [-0.1, -0.05) is 0 Å². The number of methoxy groups -OCH3 is 2. The van der Waals surface area contributed by atoms with Crippen molar-refractivity contribution in [2.75, 3.05) is 26.1 Å². The van der Waals surface area contributed by atoms with E-state index in [9.17, 15) is 9.59 Å². The van der Waals surface area contributed by atoms with Crippen LogP contribution in [0, 0.1) is 29.6 Å². The Morgan fingerprint density at radius 3 is 2.19 bits per heavy atom. The number of hydrogen-bond acceptors (Lipinski definition) is 5. The van der Waals surface area contributed by atoms with E-state index in [0.29, 0.717) is 29.0 Å². The monoisotopic (exact) mass is 373 g/mol. The van der Waals surface area contributed by atoms with Crippen LogP contribution in [0.25, 0.3) is 0 Å². The number of ether oxygens (including phenoxy) is 3. The van der Waals surface area contributed by atoms with Crippen LogP contribution in [0.15, 0.2) is 18.2 Å². The van der Waals surface area contributed by atoms with Gasteiger partial charge in [0.15, 0.2) is 18.1 Å². The fourth-order valence-electron chi connectivity index (χ4n) is 5.65. The van der Waals surface area contributed by atoms with Crippen molar-refractivity contribution in [2.45, 2.75) is 32.1 Å². The van der Waals surface area contributed by atoms with Crippen LogP contribution in [0.5, 0.6) is 11.5 Å². The van der Waals surface area contributed by atoms with E-state index in [1.54, 1.807) is 25.3 Å². The molecule has 4 bridgehead atoms. The Kier molecular flexibility index (Phi) is 4.98. The van der Waals surface area contributed by atoms with Gasteiger partial charge in [-0.25, -0.2) is 0 Å². The number of rotatable bonds is 6. The molecule has 4 fully saturated rings. The van der Waals surface area contributed by atoms with E-state index in [-0.39, 0.29) is 24.4 Å². The fraction of sp³-hybridized carbons (Fsp3) is 0.619. The van der Waals surface area contributed by atoms with Gasteiger partial charge >= 0.3 is 5.97 Å². The van der Waals surface area contributed by atoms with E-state index >= 15 is 0 Å². The van der Waals surface area contributed by atoms with E-state index < -0.39 is 0 Å². The molecule has 146 valence electrons. The average Bonchev–Trinajstić information content (AvgIpc) is 2.65. The van der Waals surface area contributed by atoms with Gasteiger partial charge in [-0.3, -0.25) is 9.59 Å². The lowest BCUT2D eigenvalue weighted by molar-refractivity contribution is -0.164. The molecule has 4 aliphatic carbocycles. The van der Waals surface area contributed by atoms with Crippen LogP contribution in [-0.4, -0.2) is 32.7 Å². The highest BCUT2D eigenvalue weighted by atomic mass is 16.5. The van der Waals surface area contributed by atoms with E-state index in [1.165, 1.54) is 13.5 Å². The number of benzene rings is 1. The second-order valence-corrected chi connectivity index (χ2v) is 8.18. The first-order valence-electron chi connectivity index (χ1n) is 9.76. The van der Waals surface area contributed by atoms with Crippen LogP contribution >= 0.6 is 0 Å². The van der Waals surface area contributed by atoms with Crippen molar-refractivity contribution in [3.8, 4) is 11.5 Å². The fourth-order valence-corrected chi connectivity index (χ4v) is 5.65. The summed E-state index contributed by atoms with van der Waals surface area (Å²) in [5.74, 6) is 3.11. The molecule has 0 atom stereocenters. The number of hydrogen-bond donors (Lipinski definition) is 1. The molecule has 0 aromatic heterocycles. The summed E-state index contributed by atoms with van der Waals surface area (Å²) >= 11 is 0. The summed E-state index contributed by atoms with van der Waals surface area (Å²) in [5.41, 5.74) is 0.573. The Balaban J connectivity index is 1.31. The van der Waals surface area contributed by atoms with Crippen molar-refractivity contribution >= 4 is 17.6 Å². The molecular formula is C21H27NO5. The third kappa shape index (κ3) is 3.62. The Bertz CT molecular complexity index is 703. The first-order chi connectivity index (χ1) is 13.1. The summed E-state index contributed by atoms with van der Waals surface area (Å²) < 4.78 is 15.8. The second kappa shape index (κ2) is 7.41. The van der Waals surface area contributed by atoms with Crippen LogP contribution < -0.4 is 14.8 Å². The zero-order valence-corrected chi connectivity index (χ0v) is 15.9. The van der Waals surface area contributed by atoms with Crippen molar-refractivity contribution in [2.24, 2.45) is 29.6 Å². The Morgan fingerprint density at radius 2 is 1.59 bits per heavy atom. The van der Waals surface area contributed by atoms with E-state index in [0.717, 1.165) is 37.5 Å². The minimum absolute atomic E-state index is 0.00770. The van der Waals surface area contributed by atoms with Gasteiger partial charge in [-0.15, -0.1) is 0 Å². The lowest BCUT2D eigenvalue weighted by Gasteiger charge is -2.53. The van der Waals surface area contributed by atoms with Crippen LogP contribution in [0.1, 0.15) is 32.1 Å². The zero-order chi connectivity index (χ0) is 19.0. The number of amides is 1. The normalized spacial score (nSPS) is 30.7. The van der Waals surface area contributed by atoms with Gasteiger partial charge in [-0.05, 0) is 67.9 Å². The maximum absolute atomic E-state index is 12.6. The molecular weight excluding hydrogens is 346 g/mol. The molecule has 0 radical (unpaired) electrons. The third-order valence-corrected chi connectivity index (χ3v) is 6.51. The quantitative estimate of drug-likeness (QED) is 0.775. The molecule has 0 spiro atoms. The molecule has 0 unspecified atom stereocenters. The SMILES string of the molecule is COc1ccc(NC(=O)COC(=O)C2C3CC4CC(C3)CC2C4)cc1OC. The maximum atomic E-state index is 12.6. The summed E-state index contributed by atoms with van der Waals surface area (Å²) in [6.45, 7) is -0.254. The number of nitrogens with one attached hydrogen (secondary N) is 1. The smallest absolute Gasteiger partial charge is 0.310 e. The predicted molar refractivity (Wildman–Crippen MR) is 99.7 cm³/mol. The molecule has 0 heterocycles. The minimum atomic E-state index is -0.348. The van der Waals surface area contributed by atoms with Crippen molar-refractivity contribution in [1.29, 1.82) is 0 Å². The topological polar surface area (TPSA) is 73.9 Å². The molecule has 1 aromatic carbocycles. The van der Waals surface area contributed by atoms with Gasteiger partial charge in [0, 0.05) is 11.8 Å². The van der Waals surface area contributed by atoms with Crippen LogP contribution in [0.3, 0.4) is 0 Å². The van der Waals surface area contributed by atoms with E-state index in [2.05, 4.69) is 5.32 Å². The highest BCUT2D eigenvalue weighted by Gasteiger charge is 2.51.